The summed E-state index contributed by atoms with van der Waals surface area (Å²) in [7, 11) is 4.04. The van der Waals surface area contributed by atoms with Gasteiger partial charge in [-0.05, 0) is 39.1 Å². The summed E-state index contributed by atoms with van der Waals surface area (Å²) in [6.45, 7) is 1.57. The first-order valence-electron chi connectivity index (χ1n) is 6.81. The monoisotopic (exact) mass is 279 g/mol. The lowest BCUT2D eigenvalue weighted by Gasteiger charge is -2.36. The van der Waals surface area contributed by atoms with Crippen LogP contribution in [0.25, 0.3) is 0 Å². The van der Waals surface area contributed by atoms with Crippen molar-refractivity contribution in [2.24, 2.45) is 0 Å². The van der Waals surface area contributed by atoms with Crippen molar-refractivity contribution in [3.63, 3.8) is 0 Å². The van der Waals surface area contributed by atoms with E-state index in [9.17, 15) is 9.59 Å². The Morgan fingerprint density at radius 1 is 1.45 bits per heavy atom. The summed E-state index contributed by atoms with van der Waals surface area (Å²) < 4.78 is 1.49. The number of aromatic carboxylic acids is 1. The molecule has 0 spiro atoms. The number of piperidine rings is 1. The van der Waals surface area contributed by atoms with Gasteiger partial charge in [0.05, 0.1) is 0 Å². The minimum absolute atomic E-state index is 0.0183. The predicted molar refractivity (Wildman–Crippen MR) is 74.7 cm³/mol. The highest BCUT2D eigenvalue weighted by Crippen LogP contribution is 2.14. The highest BCUT2D eigenvalue weighted by Gasteiger charge is 2.25. The van der Waals surface area contributed by atoms with Gasteiger partial charge in [0, 0.05) is 25.3 Å². The molecule has 1 fully saturated rings. The van der Waals surface area contributed by atoms with E-state index in [0.717, 1.165) is 25.9 Å². The minimum atomic E-state index is -1.01. The zero-order chi connectivity index (χ0) is 14.7. The summed E-state index contributed by atoms with van der Waals surface area (Å²) in [5.74, 6) is -1.03. The first-order valence-corrected chi connectivity index (χ1v) is 6.81. The Morgan fingerprint density at radius 2 is 2.20 bits per heavy atom. The molecule has 2 heterocycles. The van der Waals surface area contributed by atoms with Crippen molar-refractivity contribution in [3.8, 4) is 0 Å². The third kappa shape index (κ3) is 3.19. The van der Waals surface area contributed by atoms with Gasteiger partial charge < -0.3 is 19.5 Å². The number of nitrogens with zero attached hydrogens (tertiary/aromatic N) is 3. The zero-order valence-electron chi connectivity index (χ0n) is 12.0. The van der Waals surface area contributed by atoms with Gasteiger partial charge in [-0.2, -0.15) is 0 Å². The number of carbonyl (C=O) groups is 2. The largest absolute Gasteiger partial charge is 0.477 e. The van der Waals surface area contributed by atoms with E-state index in [0.29, 0.717) is 6.04 Å². The van der Waals surface area contributed by atoms with Crippen molar-refractivity contribution in [2.45, 2.75) is 25.4 Å². The number of amides is 1. The number of carbonyl (C=O) groups excluding carboxylic acids is 1. The molecule has 110 valence electrons. The summed E-state index contributed by atoms with van der Waals surface area (Å²) in [6.07, 6.45) is 3.72. The molecule has 1 aromatic heterocycles. The molecule has 1 saturated heterocycles. The maximum Gasteiger partial charge on any atom is 0.352 e. The number of carboxylic acids is 1. The molecular formula is C14H21N3O3. The fourth-order valence-electron chi connectivity index (χ4n) is 2.59. The SMILES string of the molecule is CN(C)C1CCCN(C(=O)Cn2cccc2C(=O)O)C1. The van der Waals surface area contributed by atoms with E-state index in [1.165, 1.54) is 10.6 Å². The van der Waals surface area contributed by atoms with Crippen LogP contribution < -0.4 is 0 Å². The second kappa shape index (κ2) is 6.09. The van der Waals surface area contributed by atoms with Gasteiger partial charge >= 0.3 is 5.97 Å². The Kier molecular flexibility index (Phi) is 4.44. The number of hydrogen-bond donors (Lipinski definition) is 1. The van der Waals surface area contributed by atoms with Crippen molar-refractivity contribution >= 4 is 11.9 Å². The molecule has 0 aromatic carbocycles. The van der Waals surface area contributed by atoms with Crippen molar-refractivity contribution < 1.29 is 14.7 Å². The molecule has 0 bridgehead atoms. The third-order valence-corrected chi connectivity index (χ3v) is 3.83. The zero-order valence-corrected chi connectivity index (χ0v) is 12.0. The number of likely N-dealkylation sites (N-methyl/N-ethyl adjacent to an activating group) is 1. The Labute approximate surface area is 118 Å². The highest BCUT2D eigenvalue weighted by molar-refractivity contribution is 5.86. The maximum atomic E-state index is 12.3. The van der Waals surface area contributed by atoms with Crippen LogP contribution in [0.15, 0.2) is 18.3 Å². The van der Waals surface area contributed by atoms with Crippen LogP contribution in [0.4, 0.5) is 0 Å². The Morgan fingerprint density at radius 3 is 2.85 bits per heavy atom. The Bertz CT molecular complexity index is 496. The lowest BCUT2D eigenvalue weighted by molar-refractivity contribution is -0.133. The first-order chi connectivity index (χ1) is 9.49. The number of carboxylic acid groups (broad SMARTS) is 1. The maximum absolute atomic E-state index is 12.3. The second-order valence-corrected chi connectivity index (χ2v) is 5.43. The van der Waals surface area contributed by atoms with E-state index in [1.54, 1.807) is 12.3 Å². The van der Waals surface area contributed by atoms with Crippen LogP contribution in [0.5, 0.6) is 0 Å². The van der Waals surface area contributed by atoms with Crippen molar-refractivity contribution in [3.05, 3.63) is 24.0 Å². The summed E-state index contributed by atoms with van der Waals surface area (Å²) >= 11 is 0. The van der Waals surface area contributed by atoms with Crippen LogP contribution in [0, 0.1) is 0 Å². The van der Waals surface area contributed by atoms with Crippen LogP contribution in [0.2, 0.25) is 0 Å². The van der Waals surface area contributed by atoms with Crippen LogP contribution in [-0.4, -0.2) is 64.6 Å². The van der Waals surface area contributed by atoms with Crippen molar-refractivity contribution in [1.29, 1.82) is 0 Å². The highest BCUT2D eigenvalue weighted by atomic mass is 16.4. The molecule has 1 N–H and O–H groups in total. The van der Waals surface area contributed by atoms with Gasteiger partial charge in [-0.15, -0.1) is 0 Å². The smallest absolute Gasteiger partial charge is 0.352 e. The lowest BCUT2D eigenvalue weighted by Crippen LogP contribution is -2.48. The van der Waals surface area contributed by atoms with Gasteiger partial charge in [0.1, 0.15) is 12.2 Å². The predicted octanol–water partition coefficient (Wildman–Crippen LogP) is 0.739. The molecule has 1 unspecified atom stereocenters. The average Bonchev–Trinajstić information content (AvgIpc) is 2.87. The number of rotatable bonds is 4. The summed E-state index contributed by atoms with van der Waals surface area (Å²) in [4.78, 5) is 27.3. The quantitative estimate of drug-likeness (QED) is 0.883. The van der Waals surface area contributed by atoms with E-state index < -0.39 is 5.97 Å². The molecule has 6 nitrogen and oxygen atoms in total. The Hall–Kier alpha value is -1.82. The van der Waals surface area contributed by atoms with Crippen LogP contribution in [0.1, 0.15) is 23.3 Å². The van der Waals surface area contributed by atoms with Crippen LogP contribution >= 0.6 is 0 Å². The second-order valence-electron chi connectivity index (χ2n) is 5.43. The molecule has 1 aromatic rings. The molecule has 0 aliphatic carbocycles. The fraction of sp³-hybridized carbons (Fsp3) is 0.571. The Balaban J connectivity index is 2.01. The summed E-state index contributed by atoms with van der Waals surface area (Å²) in [6, 6.07) is 3.54. The molecule has 1 aliphatic heterocycles. The van der Waals surface area contributed by atoms with Gasteiger partial charge in [-0.1, -0.05) is 0 Å². The topological polar surface area (TPSA) is 65.8 Å². The van der Waals surface area contributed by atoms with Gasteiger partial charge in [0.15, 0.2) is 0 Å². The molecule has 0 radical (unpaired) electrons. The van der Waals surface area contributed by atoms with Crippen LogP contribution in [0.3, 0.4) is 0 Å². The number of likely N-dealkylation sites (tertiary alicyclic amines) is 1. The minimum Gasteiger partial charge on any atom is -0.477 e. The molecule has 1 amide bonds. The number of hydrogen-bond acceptors (Lipinski definition) is 3. The standard InChI is InChI=1S/C14H21N3O3/c1-15(2)11-5-3-8-17(9-11)13(18)10-16-7-4-6-12(16)14(19)20/h4,6-7,11H,3,5,8-10H2,1-2H3,(H,19,20). The van der Waals surface area contributed by atoms with E-state index in [4.69, 9.17) is 5.11 Å². The van der Waals surface area contributed by atoms with E-state index >= 15 is 0 Å². The van der Waals surface area contributed by atoms with Crippen LogP contribution in [-0.2, 0) is 11.3 Å². The summed E-state index contributed by atoms with van der Waals surface area (Å²) in [5.41, 5.74) is 0.152. The summed E-state index contributed by atoms with van der Waals surface area (Å²) in [5, 5.41) is 9.04. The third-order valence-electron chi connectivity index (χ3n) is 3.83. The van der Waals surface area contributed by atoms with Crippen molar-refractivity contribution in [2.75, 3.05) is 27.2 Å². The van der Waals surface area contributed by atoms with Gasteiger partial charge in [-0.25, -0.2) is 4.79 Å². The normalized spacial score (nSPS) is 19.4. The molecule has 2 rings (SSSR count). The molecule has 0 saturated carbocycles. The molecule has 1 atom stereocenters. The van der Waals surface area contributed by atoms with Crippen molar-refractivity contribution in [1.82, 2.24) is 14.4 Å². The number of aromatic nitrogens is 1. The van der Waals surface area contributed by atoms with Gasteiger partial charge in [0.25, 0.3) is 0 Å². The first kappa shape index (κ1) is 14.6. The fourth-order valence-corrected chi connectivity index (χ4v) is 2.59. The lowest BCUT2D eigenvalue weighted by atomic mass is 10.0. The average molecular weight is 279 g/mol. The van der Waals surface area contributed by atoms with Gasteiger partial charge in [-0.3, -0.25) is 4.79 Å². The molecule has 6 heteroatoms. The molecule has 20 heavy (non-hydrogen) atoms. The molecule has 1 aliphatic rings. The van der Waals surface area contributed by atoms with Gasteiger partial charge in [0.2, 0.25) is 5.91 Å². The van der Waals surface area contributed by atoms with E-state index in [1.807, 2.05) is 19.0 Å². The van der Waals surface area contributed by atoms with E-state index in [-0.39, 0.29) is 18.1 Å². The van der Waals surface area contributed by atoms with E-state index in [2.05, 4.69) is 4.90 Å². The molecular weight excluding hydrogens is 258 g/mol.